The molecule has 1 aromatic heterocycles. The zero-order valence-electron chi connectivity index (χ0n) is 12.2. The summed E-state index contributed by atoms with van der Waals surface area (Å²) >= 11 is 0. The average Bonchev–Trinajstić information content (AvgIpc) is 2.60. The molecule has 3 rings (SSSR count). The van der Waals surface area contributed by atoms with Gasteiger partial charge in [0.25, 0.3) is 11.5 Å². The van der Waals surface area contributed by atoms with Gasteiger partial charge in [0.05, 0.1) is 17.0 Å². The number of hydrogen-bond donors (Lipinski definition) is 3. The number of amides is 1. The molecule has 2 aromatic carbocycles. The first-order valence-corrected chi connectivity index (χ1v) is 7.15. The molecule has 23 heavy (non-hydrogen) atoms. The maximum atomic E-state index is 12.1. The van der Waals surface area contributed by atoms with Gasteiger partial charge in [-0.25, -0.2) is 4.98 Å². The van der Waals surface area contributed by atoms with Crippen LogP contribution in [0.3, 0.4) is 0 Å². The predicted octanol–water partition coefficient (Wildman–Crippen LogP) is 1.39. The molecule has 1 amide bonds. The van der Waals surface area contributed by atoms with Crippen LogP contribution in [0.2, 0.25) is 0 Å². The van der Waals surface area contributed by atoms with E-state index in [0.29, 0.717) is 16.5 Å². The Morgan fingerprint density at radius 2 is 1.83 bits per heavy atom. The van der Waals surface area contributed by atoms with Crippen molar-refractivity contribution < 1.29 is 9.90 Å². The van der Waals surface area contributed by atoms with Gasteiger partial charge in [-0.15, -0.1) is 0 Å². The van der Waals surface area contributed by atoms with Gasteiger partial charge >= 0.3 is 0 Å². The Morgan fingerprint density at radius 3 is 2.61 bits per heavy atom. The highest BCUT2D eigenvalue weighted by molar-refractivity contribution is 5.92. The summed E-state index contributed by atoms with van der Waals surface area (Å²) in [6.45, 7) is 0.0272. The Morgan fingerprint density at radius 1 is 1.13 bits per heavy atom. The van der Waals surface area contributed by atoms with Crippen molar-refractivity contribution in [3.05, 3.63) is 76.3 Å². The standard InChI is InChI=1S/C17H15N3O3/c21-14(11-6-2-1-3-7-11)10-18-17(23)15-19-13-9-5-4-8-12(13)16(22)20-15/h1-9,14,21H,10H2,(H,18,23)(H,19,20,22). The number of aliphatic hydroxyl groups is 1. The molecule has 1 unspecified atom stereocenters. The summed E-state index contributed by atoms with van der Waals surface area (Å²) < 4.78 is 0. The molecule has 6 heteroatoms. The maximum Gasteiger partial charge on any atom is 0.287 e. The molecule has 0 radical (unpaired) electrons. The van der Waals surface area contributed by atoms with Gasteiger partial charge in [0.15, 0.2) is 5.82 Å². The van der Waals surface area contributed by atoms with Crippen molar-refractivity contribution in [2.45, 2.75) is 6.10 Å². The number of carbonyl (C=O) groups excluding carboxylic acids is 1. The van der Waals surface area contributed by atoms with E-state index in [1.165, 1.54) is 0 Å². The van der Waals surface area contributed by atoms with Crippen molar-refractivity contribution in [1.82, 2.24) is 15.3 Å². The third-order valence-corrected chi connectivity index (χ3v) is 3.47. The van der Waals surface area contributed by atoms with Crippen molar-refractivity contribution in [1.29, 1.82) is 0 Å². The van der Waals surface area contributed by atoms with Gasteiger partial charge in [0.1, 0.15) is 0 Å². The first-order valence-electron chi connectivity index (χ1n) is 7.15. The van der Waals surface area contributed by atoms with Crippen LogP contribution in [0.15, 0.2) is 59.4 Å². The molecule has 0 bridgehead atoms. The molecular formula is C17H15N3O3. The summed E-state index contributed by atoms with van der Waals surface area (Å²) in [4.78, 5) is 30.7. The number of rotatable bonds is 4. The van der Waals surface area contributed by atoms with E-state index in [1.54, 1.807) is 36.4 Å². The monoisotopic (exact) mass is 309 g/mol. The Hall–Kier alpha value is -2.99. The molecule has 3 aromatic rings. The van der Waals surface area contributed by atoms with Crippen LogP contribution < -0.4 is 10.9 Å². The number of fused-ring (bicyclic) bond motifs is 1. The zero-order chi connectivity index (χ0) is 16.2. The predicted molar refractivity (Wildman–Crippen MR) is 86.1 cm³/mol. The van der Waals surface area contributed by atoms with Crippen molar-refractivity contribution in [3.8, 4) is 0 Å². The molecule has 0 aliphatic carbocycles. The molecule has 6 nitrogen and oxygen atoms in total. The molecule has 0 aliphatic rings. The Labute approximate surface area is 131 Å². The van der Waals surface area contributed by atoms with Crippen molar-refractivity contribution in [2.75, 3.05) is 6.54 Å². The number of aliphatic hydroxyl groups excluding tert-OH is 1. The fourth-order valence-corrected chi connectivity index (χ4v) is 2.26. The maximum absolute atomic E-state index is 12.1. The third kappa shape index (κ3) is 3.27. The number of carbonyl (C=O) groups is 1. The van der Waals surface area contributed by atoms with Crippen LogP contribution in [0.5, 0.6) is 0 Å². The highest BCUT2D eigenvalue weighted by Gasteiger charge is 2.13. The summed E-state index contributed by atoms with van der Waals surface area (Å²) in [7, 11) is 0. The first-order chi connectivity index (χ1) is 11.1. The summed E-state index contributed by atoms with van der Waals surface area (Å²) in [6.07, 6.45) is -0.827. The number of para-hydroxylation sites is 1. The zero-order valence-corrected chi connectivity index (χ0v) is 12.2. The van der Waals surface area contributed by atoms with E-state index in [0.717, 1.165) is 0 Å². The number of nitrogens with zero attached hydrogens (tertiary/aromatic N) is 1. The van der Waals surface area contributed by atoms with Crippen LogP contribution in [-0.2, 0) is 0 Å². The van der Waals surface area contributed by atoms with Crippen LogP contribution in [0.1, 0.15) is 22.3 Å². The van der Waals surface area contributed by atoms with Crippen LogP contribution in [0.25, 0.3) is 10.9 Å². The van der Waals surface area contributed by atoms with Crippen molar-refractivity contribution in [3.63, 3.8) is 0 Å². The van der Waals surface area contributed by atoms with Crippen molar-refractivity contribution in [2.24, 2.45) is 0 Å². The average molecular weight is 309 g/mol. The van der Waals surface area contributed by atoms with E-state index in [-0.39, 0.29) is 17.9 Å². The second kappa shape index (κ2) is 6.41. The van der Waals surface area contributed by atoms with E-state index < -0.39 is 12.0 Å². The van der Waals surface area contributed by atoms with Gasteiger partial charge in [-0.2, -0.15) is 0 Å². The molecule has 0 saturated heterocycles. The summed E-state index contributed by atoms with van der Waals surface area (Å²) in [5, 5.41) is 13.0. The molecule has 3 N–H and O–H groups in total. The molecule has 116 valence electrons. The van der Waals surface area contributed by atoms with Crippen LogP contribution in [-0.4, -0.2) is 27.5 Å². The van der Waals surface area contributed by atoms with Gasteiger partial charge in [-0.1, -0.05) is 42.5 Å². The highest BCUT2D eigenvalue weighted by Crippen LogP contribution is 2.11. The fraction of sp³-hybridized carbons (Fsp3) is 0.118. The minimum absolute atomic E-state index is 0.0272. The number of aromatic amines is 1. The molecule has 1 atom stereocenters. The lowest BCUT2D eigenvalue weighted by Crippen LogP contribution is -2.31. The third-order valence-electron chi connectivity index (χ3n) is 3.47. The topological polar surface area (TPSA) is 95.1 Å². The SMILES string of the molecule is O=C(NCC(O)c1ccccc1)c1nc2ccccc2c(=O)[nH]1. The summed E-state index contributed by atoms with van der Waals surface area (Å²) in [5.74, 6) is -0.614. The minimum Gasteiger partial charge on any atom is -0.387 e. The number of nitrogens with one attached hydrogen (secondary N) is 2. The van der Waals surface area contributed by atoms with Crippen LogP contribution in [0.4, 0.5) is 0 Å². The van der Waals surface area contributed by atoms with Gasteiger partial charge in [0, 0.05) is 6.54 Å². The molecular weight excluding hydrogens is 294 g/mol. The Kier molecular flexibility index (Phi) is 4.16. The normalized spacial score (nSPS) is 12.0. The van der Waals surface area contributed by atoms with Gasteiger partial charge < -0.3 is 15.4 Å². The minimum atomic E-state index is -0.827. The van der Waals surface area contributed by atoms with E-state index in [2.05, 4.69) is 15.3 Å². The molecule has 0 saturated carbocycles. The van der Waals surface area contributed by atoms with Gasteiger partial charge in [-0.3, -0.25) is 9.59 Å². The highest BCUT2D eigenvalue weighted by atomic mass is 16.3. The van der Waals surface area contributed by atoms with E-state index in [9.17, 15) is 14.7 Å². The first kappa shape index (κ1) is 14.9. The van der Waals surface area contributed by atoms with Crippen molar-refractivity contribution >= 4 is 16.8 Å². The number of hydrogen-bond acceptors (Lipinski definition) is 4. The lowest BCUT2D eigenvalue weighted by molar-refractivity contribution is 0.0906. The smallest absolute Gasteiger partial charge is 0.287 e. The molecule has 1 heterocycles. The van der Waals surface area contributed by atoms with Crippen LogP contribution in [0, 0.1) is 0 Å². The lowest BCUT2D eigenvalue weighted by atomic mass is 10.1. The Balaban J connectivity index is 1.75. The van der Waals surface area contributed by atoms with Gasteiger partial charge in [0.2, 0.25) is 0 Å². The summed E-state index contributed by atoms with van der Waals surface area (Å²) in [5.41, 5.74) is 0.780. The van der Waals surface area contributed by atoms with E-state index in [4.69, 9.17) is 0 Å². The number of H-pyrrole nitrogens is 1. The van der Waals surface area contributed by atoms with E-state index >= 15 is 0 Å². The Bertz CT molecular complexity index is 890. The second-order valence-electron chi connectivity index (χ2n) is 5.07. The number of benzene rings is 2. The largest absolute Gasteiger partial charge is 0.387 e. The molecule has 0 spiro atoms. The number of aromatic nitrogens is 2. The lowest BCUT2D eigenvalue weighted by Gasteiger charge is -2.12. The fourth-order valence-electron chi connectivity index (χ4n) is 2.26. The second-order valence-corrected chi connectivity index (χ2v) is 5.07. The summed E-state index contributed by atoms with van der Waals surface area (Å²) in [6, 6.07) is 15.8. The van der Waals surface area contributed by atoms with Gasteiger partial charge in [-0.05, 0) is 17.7 Å². The van der Waals surface area contributed by atoms with E-state index in [1.807, 2.05) is 18.2 Å². The molecule has 0 aliphatic heterocycles. The van der Waals surface area contributed by atoms with Crippen LogP contribution >= 0.6 is 0 Å². The quantitative estimate of drug-likeness (QED) is 0.678. The molecule has 0 fully saturated rings.